The van der Waals surface area contributed by atoms with Crippen LogP contribution in [0.5, 0.6) is 0 Å². The number of rotatable bonds is 50. The average molecular weight is 1620 g/mol. The average Bonchev–Trinajstić information content (AvgIpc) is 1.66. The first-order chi connectivity index (χ1) is 54.8. The summed E-state index contributed by atoms with van der Waals surface area (Å²) in [6.45, 7) is 10.6. The molecule has 638 valence electrons. The highest BCUT2D eigenvalue weighted by Gasteiger charge is 2.42. The van der Waals surface area contributed by atoms with Crippen molar-refractivity contribution in [1.82, 2.24) is 74.0 Å². The van der Waals surface area contributed by atoms with Crippen molar-refractivity contribution in [3.63, 3.8) is 0 Å². The molecule has 14 amide bonds. The Morgan fingerprint density at radius 3 is 1.20 bits per heavy atom. The van der Waals surface area contributed by atoms with Crippen LogP contribution < -0.4 is 97.8 Å². The second kappa shape index (κ2) is 49.0. The third kappa shape index (κ3) is 34.4. The second-order valence-electron chi connectivity index (χ2n) is 29.9. The van der Waals surface area contributed by atoms with Gasteiger partial charge in [0.1, 0.15) is 72.5 Å². The fourth-order valence-electron chi connectivity index (χ4n) is 12.7. The van der Waals surface area contributed by atoms with Gasteiger partial charge in [0, 0.05) is 38.9 Å². The maximum atomic E-state index is 14.9. The predicted molar refractivity (Wildman–Crippen MR) is 425 cm³/mol. The molecule has 116 heavy (non-hydrogen) atoms. The summed E-state index contributed by atoms with van der Waals surface area (Å²) in [7, 11) is 0. The molecule has 0 aliphatic carbocycles. The summed E-state index contributed by atoms with van der Waals surface area (Å²) in [6.07, 6.45) is -3.68. The number of hydrogen-bond acceptors (Lipinski definition) is 20. The Hall–Kier alpha value is -11.9. The number of carbonyl (C=O) groups excluding carboxylic acids is 14. The van der Waals surface area contributed by atoms with Gasteiger partial charge in [0.05, 0.1) is 31.6 Å². The fourth-order valence-corrected chi connectivity index (χ4v) is 12.7. The molecule has 1 saturated heterocycles. The number of guanidine groups is 2. The zero-order valence-corrected chi connectivity index (χ0v) is 66.5. The molecule has 3 aromatic rings. The maximum Gasteiger partial charge on any atom is 0.326 e. The largest absolute Gasteiger partial charge is 0.480 e. The number of aliphatic carboxylic acids is 1. The minimum Gasteiger partial charge on any atom is -0.480 e. The molecule has 14 atom stereocenters. The third-order valence-electron chi connectivity index (χ3n) is 18.5. The number of likely N-dealkylation sites (tertiary alicyclic amines) is 1. The van der Waals surface area contributed by atoms with Crippen molar-refractivity contribution in [3.05, 3.63) is 108 Å². The van der Waals surface area contributed by atoms with E-state index in [9.17, 15) is 87.2 Å². The number of hydrogen-bond donors (Lipinski definition) is 23. The molecule has 0 aromatic heterocycles. The van der Waals surface area contributed by atoms with Gasteiger partial charge in [-0.3, -0.25) is 77.9 Å². The Morgan fingerprint density at radius 1 is 0.431 bits per heavy atom. The molecule has 4 rings (SSSR count). The highest BCUT2D eigenvalue weighted by Crippen LogP contribution is 2.22. The number of aliphatic hydroxyl groups is 2. The van der Waals surface area contributed by atoms with E-state index in [-0.39, 0.29) is 120 Å². The monoisotopic (exact) mass is 1620 g/mol. The summed E-state index contributed by atoms with van der Waals surface area (Å²) in [5, 5.41) is 79.6. The van der Waals surface area contributed by atoms with Crippen LogP contribution in [0.25, 0.3) is 0 Å². The summed E-state index contributed by atoms with van der Waals surface area (Å²) >= 11 is 0. The van der Waals surface area contributed by atoms with Crippen molar-refractivity contribution in [3.8, 4) is 0 Å². The fraction of sp³-hybridized carbons (Fsp3) is 0.545. The number of nitrogens with zero attached hydrogens (tertiary/aromatic N) is 1. The topological polar surface area (TPSA) is 654 Å². The van der Waals surface area contributed by atoms with Crippen LogP contribution in [0.3, 0.4) is 0 Å². The van der Waals surface area contributed by atoms with E-state index in [0.29, 0.717) is 16.7 Å². The van der Waals surface area contributed by atoms with Crippen molar-refractivity contribution >= 4 is 101 Å². The van der Waals surface area contributed by atoms with Crippen molar-refractivity contribution in [2.24, 2.45) is 46.4 Å². The second-order valence-corrected chi connectivity index (χ2v) is 29.9. The molecule has 39 heteroatoms. The van der Waals surface area contributed by atoms with Crippen LogP contribution in [-0.4, -0.2) is 232 Å². The molecule has 1 aliphatic rings. The SMILES string of the molecule is CC(C)C[C@H](NC(=O)[C@H](CC(N)=O)NC(=O)[C@H](Cc1ccccc1)NC(=O)[C@@H]1CCCN1C(=O)[C@H](CC(C)C)NC(=O)[C@H](CC(N)=O)NC(=O)[C@@H](NC(=O)[C@H](CO)NC(=O)[C@H](Cc1ccccc1)NC(=O)[C@H](CCCNC(=N)N)NC(=O)[C@H](CCCNC(=N)N)NC(=O)[C@@H](N)CC(C)C)[C@@H](C)O)C(=O)N[C@@H](Cc1ccccc1)C(=O)O. The number of carbonyl (C=O) groups is 15. The molecule has 39 nitrogen and oxygen atoms in total. The van der Waals surface area contributed by atoms with E-state index in [4.69, 9.17) is 39.5 Å². The van der Waals surface area contributed by atoms with Gasteiger partial charge in [-0.1, -0.05) is 133 Å². The molecule has 1 heterocycles. The van der Waals surface area contributed by atoms with Crippen molar-refractivity contribution in [2.45, 2.75) is 223 Å². The van der Waals surface area contributed by atoms with Crippen LogP contribution in [0.1, 0.15) is 136 Å². The maximum absolute atomic E-state index is 14.9. The summed E-state index contributed by atoms with van der Waals surface area (Å²) in [6, 6.07) is 4.73. The first-order valence-corrected chi connectivity index (χ1v) is 38.5. The number of benzene rings is 3. The van der Waals surface area contributed by atoms with Crippen LogP contribution in [0.15, 0.2) is 91.0 Å². The molecule has 1 fully saturated rings. The highest BCUT2D eigenvalue weighted by atomic mass is 16.4. The minimum absolute atomic E-state index is 0.00279. The summed E-state index contributed by atoms with van der Waals surface area (Å²) in [5.41, 5.74) is 29.9. The molecule has 28 N–H and O–H groups in total. The Labute approximate surface area is 673 Å². The lowest BCUT2D eigenvalue weighted by Gasteiger charge is -2.32. The van der Waals surface area contributed by atoms with Gasteiger partial charge >= 0.3 is 5.97 Å². The molecule has 0 radical (unpaired) electrons. The third-order valence-corrected chi connectivity index (χ3v) is 18.5. The van der Waals surface area contributed by atoms with Crippen LogP contribution in [0.4, 0.5) is 0 Å². The smallest absolute Gasteiger partial charge is 0.326 e. The number of carboxylic acid groups (broad SMARTS) is 1. The van der Waals surface area contributed by atoms with Crippen LogP contribution >= 0.6 is 0 Å². The van der Waals surface area contributed by atoms with Gasteiger partial charge in [-0.05, 0) is 99.2 Å². The molecule has 0 spiro atoms. The Morgan fingerprint density at radius 2 is 0.776 bits per heavy atom. The molecule has 0 bridgehead atoms. The lowest BCUT2D eigenvalue weighted by Crippen LogP contribution is -2.63. The molecular weight excluding hydrogens is 1510 g/mol. The summed E-state index contributed by atoms with van der Waals surface area (Å²) in [5.74, 6) is -16.9. The van der Waals surface area contributed by atoms with E-state index in [2.05, 4.69) is 69.1 Å². The lowest BCUT2D eigenvalue weighted by molar-refractivity contribution is -0.143. The first kappa shape index (κ1) is 96.5. The number of primary amides is 2. The molecule has 3 aromatic carbocycles. The zero-order valence-electron chi connectivity index (χ0n) is 66.5. The van der Waals surface area contributed by atoms with Gasteiger partial charge in [-0.15, -0.1) is 0 Å². The van der Waals surface area contributed by atoms with Crippen LogP contribution in [-0.2, 0) is 91.2 Å². The molecule has 1 aliphatic heterocycles. The van der Waals surface area contributed by atoms with Crippen molar-refractivity contribution < 1.29 is 87.2 Å². The summed E-state index contributed by atoms with van der Waals surface area (Å²) < 4.78 is 0. The van der Waals surface area contributed by atoms with E-state index in [1.807, 2.05) is 13.8 Å². The van der Waals surface area contributed by atoms with Gasteiger partial charge in [0.2, 0.25) is 82.7 Å². The zero-order chi connectivity index (χ0) is 86.5. The van der Waals surface area contributed by atoms with Gasteiger partial charge in [-0.2, -0.15) is 0 Å². The van der Waals surface area contributed by atoms with E-state index < -0.39 is 199 Å². The standard InChI is InChI=1S/C77H117N21O18/c1-41(2)32-48(78)63(103)87-49(26-17-29-85-76(81)82)64(104)88-50(27-18-30-86-77(83)84)65(105)90-52(35-45-20-11-8-12-21-45)68(108)96-58(40-99)71(111)97-62(44(7)100)73(113)93-55(39-61(80)102)70(110)94-56(34-43(5)6)74(114)98-31-19-28-59(98)72(112)92-53(36-46-22-13-9-14-23-46)67(107)91-54(38-60(79)101)69(109)89-51(33-42(3)4)66(106)95-57(75(115)116)37-47-24-15-10-16-25-47/h8-16,20-25,41-44,48-59,62,99-100H,17-19,26-40,78H2,1-7H3,(H2,79,101)(H2,80,102)(H,87,103)(H,88,104)(H,89,109)(H,90,105)(H,91,107)(H,92,112)(H,93,113)(H,94,110)(H,95,106)(H,96,108)(H,97,111)(H,115,116)(H4,81,82,85)(H4,83,84,86)/t44-,48+,49+,50+,51+,52+,53+,54+,55+,56+,57+,58+,59+,62+/m1/s1. The minimum atomic E-state index is -2.04. The normalized spacial score (nSPS) is 15.8. The highest BCUT2D eigenvalue weighted by molar-refractivity contribution is 6.01. The number of nitrogens with two attached hydrogens (primary N) is 5. The Kier molecular flexibility index (Phi) is 40.8. The molecular formula is C77H117N21O18. The van der Waals surface area contributed by atoms with Crippen molar-refractivity contribution in [1.29, 1.82) is 10.8 Å². The number of carboxylic acids is 1. The van der Waals surface area contributed by atoms with E-state index in [1.165, 1.54) is 0 Å². The Balaban J connectivity index is 1.57. The molecule has 0 saturated carbocycles. The first-order valence-electron chi connectivity index (χ1n) is 38.5. The van der Waals surface area contributed by atoms with Gasteiger partial charge in [0.25, 0.3) is 0 Å². The van der Waals surface area contributed by atoms with E-state index >= 15 is 0 Å². The van der Waals surface area contributed by atoms with E-state index in [0.717, 1.165) is 11.8 Å². The predicted octanol–water partition coefficient (Wildman–Crippen LogP) is -4.76. The van der Waals surface area contributed by atoms with Crippen molar-refractivity contribution in [2.75, 3.05) is 26.2 Å². The van der Waals surface area contributed by atoms with E-state index in [1.54, 1.807) is 119 Å². The van der Waals surface area contributed by atoms with Gasteiger partial charge in [-0.25, -0.2) is 4.79 Å². The van der Waals surface area contributed by atoms with Crippen LogP contribution in [0.2, 0.25) is 0 Å². The number of amides is 14. The quantitative estimate of drug-likeness (QED) is 0.0143. The summed E-state index contributed by atoms with van der Waals surface area (Å²) in [4.78, 5) is 210. The van der Waals surface area contributed by atoms with Crippen LogP contribution in [0, 0.1) is 28.6 Å². The Bertz CT molecular complexity index is 3840. The lowest BCUT2D eigenvalue weighted by atomic mass is 10.00. The van der Waals surface area contributed by atoms with Gasteiger partial charge < -0.3 is 118 Å². The molecule has 0 unspecified atom stereocenters. The number of aliphatic hydroxyl groups excluding tert-OH is 2. The number of nitrogens with one attached hydrogen (secondary N) is 15. The van der Waals surface area contributed by atoms with Gasteiger partial charge in [0.15, 0.2) is 11.9 Å².